The minimum atomic E-state index is 0.0254. The number of carbonyl (C=O) groups is 1. The maximum Gasteiger partial charge on any atom is 0.241 e. The number of rotatable bonds is 6. The van der Waals surface area contributed by atoms with Crippen LogP contribution < -0.4 is 5.32 Å². The molecule has 1 aliphatic heterocycles. The van der Waals surface area contributed by atoms with Gasteiger partial charge in [0.1, 0.15) is 5.76 Å². The molecule has 0 atom stereocenters. The smallest absolute Gasteiger partial charge is 0.241 e. The molecule has 0 saturated carbocycles. The summed E-state index contributed by atoms with van der Waals surface area (Å²) in [6.45, 7) is 7.00. The molecular formula is C21H30N6O2. The SMILES string of the molecule is Cc1cc(CN2CCN(C(=NCc3ccccc3)NCC(=O)N(C)C)CC2)no1. The summed E-state index contributed by atoms with van der Waals surface area (Å²) in [6, 6.07) is 12.1. The number of piperazine rings is 1. The molecule has 1 aliphatic rings. The molecule has 1 fully saturated rings. The molecule has 0 aliphatic carbocycles. The highest BCUT2D eigenvalue weighted by atomic mass is 16.5. The van der Waals surface area contributed by atoms with Crippen molar-refractivity contribution in [3.63, 3.8) is 0 Å². The Balaban J connectivity index is 1.60. The van der Waals surface area contributed by atoms with Crippen LogP contribution in [0.1, 0.15) is 17.0 Å². The molecule has 0 unspecified atom stereocenters. The van der Waals surface area contributed by atoms with Crippen molar-refractivity contribution in [2.24, 2.45) is 4.99 Å². The van der Waals surface area contributed by atoms with E-state index in [9.17, 15) is 4.79 Å². The molecule has 1 aromatic heterocycles. The van der Waals surface area contributed by atoms with E-state index in [-0.39, 0.29) is 12.5 Å². The predicted molar refractivity (Wildman–Crippen MR) is 112 cm³/mol. The molecule has 0 radical (unpaired) electrons. The molecule has 8 nitrogen and oxygen atoms in total. The second kappa shape index (κ2) is 10.1. The minimum absolute atomic E-state index is 0.0254. The maximum atomic E-state index is 12.0. The Labute approximate surface area is 172 Å². The van der Waals surface area contributed by atoms with E-state index in [1.807, 2.05) is 31.2 Å². The van der Waals surface area contributed by atoms with Gasteiger partial charge in [0.25, 0.3) is 0 Å². The number of aliphatic imine (C=N–C) groups is 1. The largest absolute Gasteiger partial charge is 0.361 e. The number of benzene rings is 1. The number of hydrogen-bond acceptors (Lipinski definition) is 5. The van der Waals surface area contributed by atoms with Crippen LogP contribution in [0.3, 0.4) is 0 Å². The number of likely N-dealkylation sites (N-methyl/N-ethyl adjacent to an activating group) is 1. The van der Waals surface area contributed by atoms with Crippen molar-refractivity contribution in [3.05, 3.63) is 53.4 Å². The summed E-state index contributed by atoms with van der Waals surface area (Å²) in [5.41, 5.74) is 2.11. The number of carbonyl (C=O) groups excluding carboxylic acids is 1. The van der Waals surface area contributed by atoms with Crippen LogP contribution >= 0.6 is 0 Å². The van der Waals surface area contributed by atoms with Crippen LogP contribution in [0.5, 0.6) is 0 Å². The Morgan fingerprint density at radius 3 is 2.55 bits per heavy atom. The van der Waals surface area contributed by atoms with E-state index >= 15 is 0 Å². The van der Waals surface area contributed by atoms with Gasteiger partial charge in [-0.25, -0.2) is 4.99 Å². The number of aryl methyl sites for hydroxylation is 1. The van der Waals surface area contributed by atoms with Gasteiger partial charge in [0.05, 0.1) is 18.8 Å². The Hall–Kier alpha value is -2.87. The lowest BCUT2D eigenvalue weighted by atomic mass is 10.2. The van der Waals surface area contributed by atoms with E-state index in [0.29, 0.717) is 6.54 Å². The third kappa shape index (κ3) is 6.32. The van der Waals surface area contributed by atoms with Crippen LogP contribution in [0, 0.1) is 6.92 Å². The molecule has 3 rings (SSSR count). The van der Waals surface area contributed by atoms with Crippen molar-refractivity contribution in [1.29, 1.82) is 0 Å². The molecular weight excluding hydrogens is 368 g/mol. The molecule has 2 heterocycles. The molecule has 0 bridgehead atoms. The summed E-state index contributed by atoms with van der Waals surface area (Å²) in [5, 5.41) is 7.33. The molecule has 1 saturated heterocycles. The lowest BCUT2D eigenvalue weighted by Crippen LogP contribution is -2.53. The molecule has 8 heteroatoms. The fourth-order valence-corrected chi connectivity index (χ4v) is 3.17. The number of hydrogen-bond donors (Lipinski definition) is 1. The first-order chi connectivity index (χ1) is 14.0. The second-order valence-electron chi connectivity index (χ2n) is 7.46. The first-order valence-electron chi connectivity index (χ1n) is 9.93. The highest BCUT2D eigenvalue weighted by molar-refractivity contribution is 5.86. The van der Waals surface area contributed by atoms with Gasteiger partial charge in [-0.3, -0.25) is 9.69 Å². The van der Waals surface area contributed by atoms with Crippen molar-refractivity contribution in [1.82, 2.24) is 25.2 Å². The van der Waals surface area contributed by atoms with Crippen LogP contribution in [-0.2, 0) is 17.9 Å². The molecule has 1 aromatic carbocycles. The average molecular weight is 399 g/mol. The van der Waals surface area contributed by atoms with Crippen LogP contribution in [-0.4, -0.2) is 78.5 Å². The zero-order valence-corrected chi connectivity index (χ0v) is 17.5. The fourth-order valence-electron chi connectivity index (χ4n) is 3.17. The average Bonchev–Trinajstić information content (AvgIpc) is 3.14. The summed E-state index contributed by atoms with van der Waals surface area (Å²) in [7, 11) is 3.52. The fraction of sp³-hybridized carbons (Fsp3) is 0.476. The first kappa shape index (κ1) is 20.9. The molecule has 0 spiro atoms. The number of guanidine groups is 1. The van der Waals surface area contributed by atoms with Crippen molar-refractivity contribution < 1.29 is 9.32 Å². The lowest BCUT2D eigenvalue weighted by molar-refractivity contribution is -0.127. The maximum absolute atomic E-state index is 12.0. The van der Waals surface area contributed by atoms with Gasteiger partial charge in [-0.05, 0) is 12.5 Å². The quantitative estimate of drug-likeness (QED) is 0.584. The standard InChI is InChI=1S/C21H30N6O2/c1-17-13-19(24-29-17)16-26-9-11-27(12-10-26)21(23-15-20(28)25(2)3)22-14-18-7-5-4-6-8-18/h4-8,13H,9-12,14-16H2,1-3H3,(H,22,23). The minimum Gasteiger partial charge on any atom is -0.361 e. The predicted octanol–water partition coefficient (Wildman–Crippen LogP) is 1.33. The summed E-state index contributed by atoms with van der Waals surface area (Å²) >= 11 is 0. The highest BCUT2D eigenvalue weighted by Gasteiger charge is 2.21. The third-order valence-electron chi connectivity index (χ3n) is 4.88. The van der Waals surface area contributed by atoms with Crippen molar-refractivity contribution in [2.75, 3.05) is 46.8 Å². The topological polar surface area (TPSA) is 77.2 Å². The van der Waals surface area contributed by atoms with E-state index in [2.05, 4.69) is 32.4 Å². The molecule has 29 heavy (non-hydrogen) atoms. The van der Waals surface area contributed by atoms with Gasteiger partial charge in [0.15, 0.2) is 5.96 Å². The van der Waals surface area contributed by atoms with Crippen LogP contribution in [0.25, 0.3) is 0 Å². The number of nitrogens with zero attached hydrogens (tertiary/aromatic N) is 5. The molecule has 2 aromatic rings. The number of amides is 1. The summed E-state index contributed by atoms with van der Waals surface area (Å²) in [5.74, 6) is 1.64. The first-order valence-corrected chi connectivity index (χ1v) is 9.93. The zero-order chi connectivity index (χ0) is 20.6. The van der Waals surface area contributed by atoms with Gasteiger partial charge < -0.3 is 19.6 Å². The highest BCUT2D eigenvalue weighted by Crippen LogP contribution is 2.10. The van der Waals surface area contributed by atoms with Crippen molar-refractivity contribution >= 4 is 11.9 Å². The van der Waals surface area contributed by atoms with Crippen LogP contribution in [0.4, 0.5) is 0 Å². The Morgan fingerprint density at radius 2 is 1.93 bits per heavy atom. The van der Waals surface area contributed by atoms with Crippen molar-refractivity contribution in [2.45, 2.75) is 20.0 Å². The molecule has 156 valence electrons. The number of nitrogens with one attached hydrogen (secondary N) is 1. The van der Waals surface area contributed by atoms with E-state index in [1.54, 1.807) is 19.0 Å². The van der Waals surface area contributed by atoms with E-state index < -0.39 is 0 Å². The van der Waals surface area contributed by atoms with E-state index in [0.717, 1.165) is 55.7 Å². The Bertz CT molecular complexity index is 810. The summed E-state index contributed by atoms with van der Waals surface area (Å²) in [4.78, 5) is 23.0. The second-order valence-corrected chi connectivity index (χ2v) is 7.46. The van der Waals surface area contributed by atoms with Gasteiger partial charge in [-0.15, -0.1) is 0 Å². The summed E-state index contributed by atoms with van der Waals surface area (Å²) < 4.78 is 5.16. The zero-order valence-electron chi connectivity index (χ0n) is 17.5. The van der Waals surface area contributed by atoms with Crippen LogP contribution in [0.2, 0.25) is 0 Å². The van der Waals surface area contributed by atoms with Gasteiger partial charge >= 0.3 is 0 Å². The van der Waals surface area contributed by atoms with Crippen molar-refractivity contribution in [3.8, 4) is 0 Å². The lowest BCUT2D eigenvalue weighted by Gasteiger charge is -2.36. The Morgan fingerprint density at radius 1 is 1.21 bits per heavy atom. The van der Waals surface area contributed by atoms with Gasteiger partial charge in [-0.2, -0.15) is 0 Å². The normalized spacial score (nSPS) is 15.4. The monoisotopic (exact) mass is 398 g/mol. The summed E-state index contributed by atoms with van der Waals surface area (Å²) in [6.07, 6.45) is 0. The molecule has 1 N–H and O–H groups in total. The number of aromatic nitrogens is 1. The van der Waals surface area contributed by atoms with Gasteiger partial charge in [0, 0.05) is 52.9 Å². The van der Waals surface area contributed by atoms with E-state index in [1.165, 1.54) is 0 Å². The van der Waals surface area contributed by atoms with Gasteiger partial charge in [0.2, 0.25) is 5.91 Å². The molecule has 1 amide bonds. The third-order valence-corrected chi connectivity index (χ3v) is 4.88. The van der Waals surface area contributed by atoms with E-state index in [4.69, 9.17) is 9.52 Å². The van der Waals surface area contributed by atoms with Gasteiger partial charge in [-0.1, -0.05) is 35.5 Å². The Kier molecular flexibility index (Phi) is 7.24. The van der Waals surface area contributed by atoms with Crippen LogP contribution in [0.15, 0.2) is 45.9 Å².